The fourth-order valence-electron chi connectivity index (χ4n) is 3.66. The Morgan fingerprint density at radius 1 is 1.08 bits per heavy atom. The number of ether oxygens (including phenoxy) is 2. The summed E-state index contributed by atoms with van der Waals surface area (Å²) in [6.07, 6.45) is -0.668. The zero-order valence-electron chi connectivity index (χ0n) is 23.0. The van der Waals surface area contributed by atoms with Gasteiger partial charge in [0.25, 0.3) is 5.56 Å². The van der Waals surface area contributed by atoms with E-state index in [0.29, 0.717) is 5.56 Å². The minimum Gasteiger partial charge on any atom is -0.459 e. The molecule has 4 atom stereocenters. The van der Waals surface area contributed by atoms with Crippen LogP contribution in [-0.2, 0) is 13.9 Å². The number of esters is 1. The molecule has 0 radical (unpaired) electrons. The van der Waals surface area contributed by atoms with E-state index in [4.69, 9.17) is 13.9 Å². The van der Waals surface area contributed by atoms with Crippen LogP contribution in [0, 0.1) is 17.4 Å². The summed E-state index contributed by atoms with van der Waals surface area (Å²) in [5.74, 6) is 2.48. The lowest BCUT2D eigenvalue weighted by atomic mass is 9.99. The monoisotopic (exact) mass is 542 g/mol. The third-order valence-corrected chi connectivity index (χ3v) is 12.1. The van der Waals surface area contributed by atoms with Crippen LogP contribution in [0.2, 0.25) is 37.8 Å². The lowest BCUT2D eigenvalue weighted by Crippen LogP contribution is -2.48. The van der Waals surface area contributed by atoms with E-state index in [9.17, 15) is 14.4 Å². The summed E-state index contributed by atoms with van der Waals surface area (Å²) in [6.45, 7) is 17.1. The third kappa shape index (κ3) is 7.20. The number of carbonyl (C=O) groups is 1. The zero-order valence-corrected chi connectivity index (χ0v) is 25.0. The van der Waals surface area contributed by atoms with Gasteiger partial charge in [0.15, 0.2) is 14.5 Å². The molecule has 10 heteroatoms. The van der Waals surface area contributed by atoms with Gasteiger partial charge in [0, 0.05) is 12.3 Å². The molecular weight excluding hydrogens is 504 g/mol. The van der Waals surface area contributed by atoms with Crippen LogP contribution in [0.1, 0.15) is 37.4 Å². The van der Waals surface area contributed by atoms with Crippen molar-refractivity contribution in [3.8, 4) is 11.5 Å². The Bertz CT molecular complexity index is 1280. The molecule has 1 aromatic heterocycles. The Morgan fingerprint density at radius 2 is 1.73 bits per heavy atom. The predicted octanol–water partition coefficient (Wildman–Crippen LogP) is 4.18. The maximum Gasteiger partial charge on any atom is 0.338 e. The number of carbonyl (C=O) groups excluding carboxylic acids is 1. The van der Waals surface area contributed by atoms with Crippen LogP contribution in [-0.4, -0.2) is 50.7 Å². The second kappa shape index (κ2) is 11.0. The summed E-state index contributed by atoms with van der Waals surface area (Å²) in [4.78, 5) is 39.5. The van der Waals surface area contributed by atoms with Gasteiger partial charge in [-0.2, -0.15) is 0 Å². The molecule has 1 aliphatic rings. The molecule has 3 rings (SSSR count). The lowest BCUT2D eigenvalue weighted by Gasteiger charge is -2.40. The highest BCUT2D eigenvalue weighted by Crippen LogP contribution is 2.43. The summed E-state index contributed by atoms with van der Waals surface area (Å²) < 4.78 is 20.2. The molecule has 0 bridgehead atoms. The number of rotatable bonds is 6. The second-order valence-electron chi connectivity index (χ2n) is 11.9. The zero-order chi connectivity index (χ0) is 27.6. The Kier molecular flexibility index (Phi) is 8.54. The van der Waals surface area contributed by atoms with Crippen molar-refractivity contribution < 1.29 is 18.7 Å². The molecule has 1 aromatic carbocycles. The van der Waals surface area contributed by atoms with Gasteiger partial charge in [-0.05, 0) is 30.3 Å². The molecule has 0 unspecified atom stereocenters. The third-order valence-electron chi connectivity index (χ3n) is 6.71. The average Bonchev–Trinajstić information content (AvgIpc) is 3.11. The van der Waals surface area contributed by atoms with Crippen LogP contribution in [0.3, 0.4) is 0 Å². The quantitative estimate of drug-likeness (QED) is 0.334. The number of aromatic amines is 1. The van der Waals surface area contributed by atoms with Gasteiger partial charge in [0.1, 0.15) is 26.9 Å². The number of benzene rings is 1. The van der Waals surface area contributed by atoms with Gasteiger partial charge in [-0.25, -0.2) is 9.59 Å². The highest BCUT2D eigenvalue weighted by atomic mass is 28.4. The Balaban J connectivity index is 2.04. The molecule has 1 fully saturated rings. The molecule has 2 aromatic rings. The maximum atomic E-state index is 12.8. The molecule has 0 aliphatic carbocycles. The summed E-state index contributed by atoms with van der Waals surface area (Å²) in [5.41, 5.74) is 2.77. The molecular formula is C27H38N2O6Si2. The lowest BCUT2D eigenvalue weighted by molar-refractivity contribution is -0.0553. The Hall–Kier alpha value is -2.72. The van der Waals surface area contributed by atoms with Crippen molar-refractivity contribution in [2.24, 2.45) is 5.92 Å². The second-order valence-corrected chi connectivity index (χ2v) is 21.4. The van der Waals surface area contributed by atoms with Gasteiger partial charge in [-0.15, -0.1) is 11.5 Å². The predicted molar refractivity (Wildman–Crippen MR) is 149 cm³/mol. The number of nitrogens with one attached hydrogen (secondary N) is 1. The van der Waals surface area contributed by atoms with Crippen molar-refractivity contribution in [1.29, 1.82) is 0 Å². The molecule has 200 valence electrons. The highest BCUT2D eigenvalue weighted by molar-refractivity contribution is 6.83. The van der Waals surface area contributed by atoms with Crippen molar-refractivity contribution >= 4 is 22.4 Å². The van der Waals surface area contributed by atoms with Crippen LogP contribution >= 0.6 is 0 Å². The fraction of sp³-hybridized carbons (Fsp3) is 0.519. The van der Waals surface area contributed by atoms with E-state index < -0.39 is 58.0 Å². The van der Waals surface area contributed by atoms with E-state index in [1.807, 2.05) is 6.07 Å². The Morgan fingerprint density at radius 3 is 2.30 bits per heavy atom. The Labute approximate surface area is 220 Å². The molecule has 1 N–H and O–H groups in total. The van der Waals surface area contributed by atoms with Crippen molar-refractivity contribution in [3.63, 3.8) is 0 Å². The molecule has 0 spiro atoms. The highest BCUT2D eigenvalue weighted by Gasteiger charge is 2.51. The van der Waals surface area contributed by atoms with Crippen LogP contribution in [0.5, 0.6) is 0 Å². The summed E-state index contributed by atoms with van der Waals surface area (Å²) in [6, 6.07) is 10.0. The standard InChI is InChI=1S/C27H38N2O6Si2/c1-27(2,3)37(7,8)35-23-20(15-17-36(4,5)6)21(18-33-25(31)19-12-10-9-11-13-19)34-24(23)29-16-14-22(30)28-26(29)32/h9-14,16,20-21,23-24H,18H2,1-8H3,(H,28,30,32)/t20-,21+,23+,24+/m0/s1. The van der Waals surface area contributed by atoms with Crippen LogP contribution in [0.15, 0.2) is 52.2 Å². The SMILES string of the molecule is CC(C)(C)[Si](C)(C)O[C@@H]1[C@@H](C#C[Si](C)(C)C)[C@@H](COC(=O)c2ccccc2)O[C@H]1n1ccc(=O)[nH]c1=O. The van der Waals surface area contributed by atoms with Crippen molar-refractivity contribution in [3.05, 3.63) is 69.0 Å². The first-order valence-corrected chi connectivity index (χ1v) is 18.9. The van der Waals surface area contributed by atoms with Gasteiger partial charge < -0.3 is 13.9 Å². The molecule has 0 amide bonds. The van der Waals surface area contributed by atoms with Crippen molar-refractivity contribution in [2.45, 2.75) is 77.0 Å². The minimum absolute atomic E-state index is 0.0509. The van der Waals surface area contributed by atoms with E-state index in [1.54, 1.807) is 24.3 Å². The maximum absolute atomic E-state index is 12.8. The largest absolute Gasteiger partial charge is 0.459 e. The summed E-state index contributed by atoms with van der Waals surface area (Å²) in [7, 11) is -4.13. The molecule has 1 saturated heterocycles. The first-order valence-electron chi connectivity index (χ1n) is 12.5. The molecule has 2 heterocycles. The summed E-state index contributed by atoms with van der Waals surface area (Å²) >= 11 is 0. The normalized spacial score (nSPS) is 22.3. The smallest absolute Gasteiger partial charge is 0.338 e. The first-order chi connectivity index (χ1) is 17.1. The number of H-pyrrole nitrogens is 1. The number of hydrogen-bond donors (Lipinski definition) is 1. The van der Waals surface area contributed by atoms with Crippen LogP contribution in [0.4, 0.5) is 0 Å². The molecule has 1 aliphatic heterocycles. The van der Waals surface area contributed by atoms with Gasteiger partial charge in [-0.3, -0.25) is 14.3 Å². The van der Waals surface area contributed by atoms with E-state index in [2.05, 4.69) is 70.0 Å². The van der Waals surface area contributed by atoms with Crippen molar-refractivity contribution in [2.75, 3.05) is 6.61 Å². The van der Waals surface area contributed by atoms with E-state index in [-0.39, 0.29) is 11.6 Å². The van der Waals surface area contributed by atoms with Crippen LogP contribution in [0.25, 0.3) is 0 Å². The van der Waals surface area contributed by atoms with E-state index in [0.717, 1.165) is 0 Å². The number of aromatic nitrogens is 2. The van der Waals surface area contributed by atoms with Crippen LogP contribution < -0.4 is 11.2 Å². The molecule has 37 heavy (non-hydrogen) atoms. The van der Waals surface area contributed by atoms with E-state index >= 15 is 0 Å². The van der Waals surface area contributed by atoms with Gasteiger partial charge in [0.05, 0.1) is 11.5 Å². The van der Waals surface area contributed by atoms with E-state index in [1.165, 1.54) is 16.8 Å². The van der Waals surface area contributed by atoms with Gasteiger partial charge in [0.2, 0.25) is 0 Å². The number of nitrogens with zero attached hydrogens (tertiary/aromatic N) is 1. The minimum atomic E-state index is -2.35. The van der Waals surface area contributed by atoms with Gasteiger partial charge in [-0.1, -0.05) is 58.6 Å². The molecule has 0 saturated carbocycles. The number of hydrogen-bond acceptors (Lipinski definition) is 6. The van der Waals surface area contributed by atoms with Gasteiger partial charge >= 0.3 is 11.7 Å². The fourth-order valence-corrected chi connectivity index (χ4v) is 5.56. The first kappa shape index (κ1) is 28.8. The summed E-state index contributed by atoms with van der Waals surface area (Å²) in [5, 5.41) is -0.109. The molecule has 8 nitrogen and oxygen atoms in total. The topological polar surface area (TPSA) is 99.6 Å². The average molecular weight is 543 g/mol. The van der Waals surface area contributed by atoms with Crippen molar-refractivity contribution in [1.82, 2.24) is 9.55 Å².